The highest BCUT2D eigenvalue weighted by atomic mass is 16.1. The van der Waals surface area contributed by atoms with Crippen molar-refractivity contribution in [1.29, 1.82) is 0 Å². The summed E-state index contributed by atoms with van der Waals surface area (Å²) in [4.78, 5) is 15.7. The van der Waals surface area contributed by atoms with Gasteiger partial charge in [0.05, 0.1) is 17.8 Å². The summed E-state index contributed by atoms with van der Waals surface area (Å²) in [5, 5.41) is 9.40. The number of aromatic nitrogens is 3. The molecule has 0 aliphatic carbocycles. The minimum atomic E-state index is -0.137. The normalized spacial score (nSPS) is 12.1. The first kappa shape index (κ1) is 10.4. The van der Waals surface area contributed by atoms with E-state index in [1.807, 2.05) is 6.92 Å². The molecule has 82 valence electrons. The van der Waals surface area contributed by atoms with Crippen LogP contribution in [0.25, 0.3) is 0 Å². The first-order valence-electron chi connectivity index (χ1n) is 4.97. The molecule has 2 N–H and O–H groups in total. The van der Waals surface area contributed by atoms with Gasteiger partial charge in [-0.2, -0.15) is 5.10 Å². The van der Waals surface area contributed by atoms with Crippen LogP contribution in [-0.2, 0) is 0 Å². The summed E-state index contributed by atoms with van der Waals surface area (Å²) in [7, 11) is 0. The number of carbonyl (C=O) groups is 1. The second-order valence-corrected chi connectivity index (χ2v) is 3.47. The molecule has 16 heavy (non-hydrogen) atoms. The van der Waals surface area contributed by atoms with Crippen molar-refractivity contribution >= 4 is 5.91 Å². The van der Waals surface area contributed by atoms with Gasteiger partial charge in [0, 0.05) is 24.2 Å². The Kier molecular flexibility index (Phi) is 2.95. The standard InChI is InChI=1S/C11H12N4O/c1-8(10-6-13-14-7-10)15-11(16)9-3-2-4-12-5-9/h2-8H,1H3,(H,13,14)(H,15,16). The first-order valence-corrected chi connectivity index (χ1v) is 4.97. The topological polar surface area (TPSA) is 70.7 Å². The lowest BCUT2D eigenvalue weighted by Crippen LogP contribution is -2.26. The van der Waals surface area contributed by atoms with Crippen LogP contribution in [-0.4, -0.2) is 21.1 Å². The second-order valence-electron chi connectivity index (χ2n) is 3.47. The smallest absolute Gasteiger partial charge is 0.253 e. The highest BCUT2D eigenvalue weighted by molar-refractivity contribution is 5.94. The molecule has 0 aliphatic heterocycles. The molecule has 0 fully saturated rings. The Balaban J connectivity index is 2.03. The average molecular weight is 216 g/mol. The Labute approximate surface area is 92.9 Å². The van der Waals surface area contributed by atoms with Crippen molar-refractivity contribution in [2.75, 3.05) is 0 Å². The molecule has 2 heterocycles. The lowest BCUT2D eigenvalue weighted by Gasteiger charge is -2.11. The fraction of sp³-hybridized carbons (Fsp3) is 0.182. The van der Waals surface area contributed by atoms with E-state index in [0.29, 0.717) is 5.56 Å². The van der Waals surface area contributed by atoms with Crippen LogP contribution in [0.1, 0.15) is 28.9 Å². The third-order valence-corrected chi connectivity index (χ3v) is 2.29. The maximum Gasteiger partial charge on any atom is 0.253 e. The van der Waals surface area contributed by atoms with Crippen molar-refractivity contribution in [1.82, 2.24) is 20.5 Å². The molecule has 0 radical (unpaired) electrons. The van der Waals surface area contributed by atoms with E-state index in [1.165, 1.54) is 6.20 Å². The molecular weight excluding hydrogens is 204 g/mol. The highest BCUT2D eigenvalue weighted by Crippen LogP contribution is 2.10. The minimum absolute atomic E-state index is 0.0774. The van der Waals surface area contributed by atoms with Crippen LogP contribution in [0.15, 0.2) is 36.9 Å². The largest absolute Gasteiger partial charge is 0.345 e. The third kappa shape index (κ3) is 2.25. The molecule has 1 unspecified atom stereocenters. The number of carbonyl (C=O) groups excluding carboxylic acids is 1. The number of rotatable bonds is 3. The van der Waals surface area contributed by atoms with Crippen molar-refractivity contribution < 1.29 is 4.79 Å². The molecule has 0 spiro atoms. The van der Waals surface area contributed by atoms with E-state index < -0.39 is 0 Å². The molecule has 5 nitrogen and oxygen atoms in total. The van der Waals surface area contributed by atoms with Gasteiger partial charge >= 0.3 is 0 Å². The van der Waals surface area contributed by atoms with Gasteiger partial charge in [0.15, 0.2) is 0 Å². The molecule has 0 saturated heterocycles. The van der Waals surface area contributed by atoms with E-state index in [0.717, 1.165) is 5.56 Å². The number of hydrogen-bond acceptors (Lipinski definition) is 3. The number of nitrogens with zero attached hydrogens (tertiary/aromatic N) is 2. The van der Waals surface area contributed by atoms with E-state index in [9.17, 15) is 4.79 Å². The highest BCUT2D eigenvalue weighted by Gasteiger charge is 2.11. The maximum atomic E-state index is 11.8. The van der Waals surface area contributed by atoms with E-state index >= 15 is 0 Å². The number of aromatic amines is 1. The summed E-state index contributed by atoms with van der Waals surface area (Å²) in [6, 6.07) is 3.38. The molecule has 1 atom stereocenters. The quantitative estimate of drug-likeness (QED) is 0.812. The van der Waals surface area contributed by atoms with Gasteiger partial charge in [-0.15, -0.1) is 0 Å². The maximum absolute atomic E-state index is 11.8. The van der Waals surface area contributed by atoms with Crippen molar-refractivity contribution in [2.45, 2.75) is 13.0 Å². The molecule has 5 heteroatoms. The van der Waals surface area contributed by atoms with Crippen LogP contribution in [0.2, 0.25) is 0 Å². The monoisotopic (exact) mass is 216 g/mol. The number of amides is 1. The lowest BCUT2D eigenvalue weighted by molar-refractivity contribution is 0.0939. The summed E-state index contributed by atoms with van der Waals surface area (Å²) in [6.45, 7) is 1.90. The Morgan fingerprint density at radius 2 is 2.38 bits per heavy atom. The van der Waals surface area contributed by atoms with Crippen LogP contribution in [0.3, 0.4) is 0 Å². The van der Waals surface area contributed by atoms with Crippen molar-refractivity contribution in [2.24, 2.45) is 0 Å². The van der Waals surface area contributed by atoms with Gasteiger partial charge in [-0.3, -0.25) is 14.9 Å². The zero-order chi connectivity index (χ0) is 11.4. The summed E-state index contributed by atoms with van der Waals surface area (Å²) < 4.78 is 0. The predicted octanol–water partition coefficient (Wildman–Crippen LogP) is 1.30. The van der Waals surface area contributed by atoms with Gasteiger partial charge in [-0.25, -0.2) is 0 Å². The number of H-pyrrole nitrogens is 1. The predicted molar refractivity (Wildman–Crippen MR) is 58.7 cm³/mol. The summed E-state index contributed by atoms with van der Waals surface area (Å²) in [6.07, 6.45) is 6.62. The molecule has 0 bridgehead atoms. The van der Waals surface area contributed by atoms with Crippen LogP contribution in [0, 0.1) is 0 Å². The fourth-order valence-corrected chi connectivity index (χ4v) is 1.36. The van der Waals surface area contributed by atoms with Crippen LogP contribution >= 0.6 is 0 Å². The number of nitrogens with one attached hydrogen (secondary N) is 2. The van der Waals surface area contributed by atoms with Gasteiger partial charge < -0.3 is 5.32 Å². The molecular formula is C11H12N4O. The fourth-order valence-electron chi connectivity index (χ4n) is 1.36. The molecule has 2 aromatic rings. The molecule has 0 aliphatic rings. The van der Waals surface area contributed by atoms with Gasteiger partial charge in [-0.05, 0) is 19.1 Å². The van der Waals surface area contributed by atoms with Crippen LogP contribution in [0.5, 0.6) is 0 Å². The summed E-state index contributed by atoms with van der Waals surface area (Å²) in [5.74, 6) is -0.137. The van der Waals surface area contributed by atoms with E-state index in [1.54, 1.807) is 30.7 Å². The van der Waals surface area contributed by atoms with Crippen molar-refractivity contribution in [3.63, 3.8) is 0 Å². The Morgan fingerprint density at radius 3 is 3.00 bits per heavy atom. The number of hydrogen-bond donors (Lipinski definition) is 2. The molecule has 0 aromatic carbocycles. The van der Waals surface area contributed by atoms with E-state index in [4.69, 9.17) is 0 Å². The zero-order valence-electron chi connectivity index (χ0n) is 8.84. The SMILES string of the molecule is CC(NC(=O)c1cccnc1)c1cn[nH]c1. The summed E-state index contributed by atoms with van der Waals surface area (Å²) >= 11 is 0. The van der Waals surface area contributed by atoms with Crippen molar-refractivity contribution in [3.8, 4) is 0 Å². The molecule has 2 rings (SSSR count). The van der Waals surface area contributed by atoms with Crippen LogP contribution in [0.4, 0.5) is 0 Å². The molecule has 1 amide bonds. The van der Waals surface area contributed by atoms with E-state index in [-0.39, 0.29) is 11.9 Å². The summed E-state index contributed by atoms with van der Waals surface area (Å²) in [5.41, 5.74) is 1.50. The zero-order valence-corrected chi connectivity index (χ0v) is 8.84. The Morgan fingerprint density at radius 1 is 1.50 bits per heavy atom. The number of pyridine rings is 1. The Bertz CT molecular complexity index is 452. The third-order valence-electron chi connectivity index (χ3n) is 2.29. The lowest BCUT2D eigenvalue weighted by atomic mass is 10.2. The minimum Gasteiger partial charge on any atom is -0.345 e. The van der Waals surface area contributed by atoms with Gasteiger partial charge in [0.2, 0.25) is 0 Å². The van der Waals surface area contributed by atoms with Gasteiger partial charge in [-0.1, -0.05) is 0 Å². The van der Waals surface area contributed by atoms with Crippen LogP contribution < -0.4 is 5.32 Å². The molecule has 2 aromatic heterocycles. The first-order chi connectivity index (χ1) is 7.77. The second kappa shape index (κ2) is 4.57. The van der Waals surface area contributed by atoms with Gasteiger partial charge in [0.1, 0.15) is 0 Å². The van der Waals surface area contributed by atoms with Gasteiger partial charge in [0.25, 0.3) is 5.91 Å². The van der Waals surface area contributed by atoms with Crippen molar-refractivity contribution in [3.05, 3.63) is 48.0 Å². The van der Waals surface area contributed by atoms with E-state index in [2.05, 4.69) is 20.5 Å². The molecule has 0 saturated carbocycles. The average Bonchev–Trinajstić information content (AvgIpc) is 2.83. The Hall–Kier alpha value is -2.17.